The number of carboxylic acid groups (broad SMARTS) is 1. The summed E-state index contributed by atoms with van der Waals surface area (Å²) in [6, 6.07) is 6.38. The van der Waals surface area contributed by atoms with Crippen LogP contribution in [0.25, 0.3) is 0 Å². The van der Waals surface area contributed by atoms with E-state index in [1.54, 1.807) is 12.1 Å². The van der Waals surface area contributed by atoms with Gasteiger partial charge in [-0.2, -0.15) is 0 Å². The Kier molecular flexibility index (Phi) is 4.49. The van der Waals surface area contributed by atoms with Crippen LogP contribution in [-0.2, 0) is 5.75 Å². The van der Waals surface area contributed by atoms with Crippen molar-refractivity contribution in [1.82, 2.24) is 9.97 Å². The summed E-state index contributed by atoms with van der Waals surface area (Å²) in [6.45, 7) is 0. The van der Waals surface area contributed by atoms with Gasteiger partial charge in [0.2, 0.25) is 0 Å². The number of carbonyl (C=O) groups is 1. The maximum atomic E-state index is 11.0. The zero-order valence-electron chi connectivity index (χ0n) is 11.2. The van der Waals surface area contributed by atoms with Crippen molar-refractivity contribution in [3.63, 3.8) is 0 Å². The Morgan fingerprint density at radius 1 is 1.29 bits per heavy atom. The molecule has 0 saturated carbocycles. The summed E-state index contributed by atoms with van der Waals surface area (Å²) in [5, 5.41) is 9.49. The lowest BCUT2D eigenvalue weighted by atomic mass is 10.1. The Morgan fingerprint density at radius 3 is 2.52 bits per heavy atom. The van der Waals surface area contributed by atoms with E-state index in [1.165, 1.54) is 31.0 Å². The molecule has 0 amide bonds. The van der Waals surface area contributed by atoms with Gasteiger partial charge in [-0.25, -0.2) is 14.8 Å². The molecule has 0 radical (unpaired) electrons. The van der Waals surface area contributed by atoms with Crippen molar-refractivity contribution in [2.45, 2.75) is 10.9 Å². The van der Waals surface area contributed by atoms with Crippen LogP contribution in [0, 0.1) is 0 Å². The number of methoxy groups -OCH3 is 1. The number of benzene rings is 1. The summed E-state index contributed by atoms with van der Waals surface area (Å²) in [7, 11) is 1.43. The van der Waals surface area contributed by atoms with Crippen molar-refractivity contribution in [2.24, 2.45) is 0 Å². The number of aromatic carboxylic acids is 1. The normalized spacial score (nSPS) is 10.3. The average Bonchev–Trinajstić information content (AvgIpc) is 2.43. The fourth-order valence-corrected chi connectivity index (χ4v) is 2.49. The van der Waals surface area contributed by atoms with Crippen LogP contribution in [0.15, 0.2) is 29.4 Å². The van der Waals surface area contributed by atoms with Gasteiger partial charge >= 0.3 is 5.97 Å². The van der Waals surface area contributed by atoms with Crippen LogP contribution in [0.1, 0.15) is 15.9 Å². The highest BCUT2D eigenvalue weighted by Gasteiger charge is 2.11. The van der Waals surface area contributed by atoms with E-state index in [0.717, 1.165) is 5.56 Å². The fraction of sp³-hybridized carbons (Fsp3) is 0.154. The van der Waals surface area contributed by atoms with Gasteiger partial charge in [-0.05, 0) is 17.7 Å². The van der Waals surface area contributed by atoms with Gasteiger partial charge in [-0.3, -0.25) is 0 Å². The number of nitrogen functional groups attached to an aromatic ring is 2. The molecule has 0 fully saturated rings. The molecular weight excluding hydrogens is 292 g/mol. The first-order valence-electron chi connectivity index (χ1n) is 5.92. The molecule has 1 aromatic carbocycles. The number of aromatic nitrogens is 2. The predicted molar refractivity (Wildman–Crippen MR) is 80.4 cm³/mol. The van der Waals surface area contributed by atoms with Crippen LogP contribution in [-0.4, -0.2) is 28.2 Å². The van der Waals surface area contributed by atoms with Crippen molar-refractivity contribution >= 4 is 29.4 Å². The van der Waals surface area contributed by atoms with Crippen molar-refractivity contribution in [3.8, 4) is 5.75 Å². The molecular formula is C13H14N4O3S. The van der Waals surface area contributed by atoms with Crippen LogP contribution >= 0.6 is 11.8 Å². The third kappa shape index (κ3) is 3.76. The van der Waals surface area contributed by atoms with E-state index in [-0.39, 0.29) is 5.56 Å². The Balaban J connectivity index is 2.14. The van der Waals surface area contributed by atoms with Crippen molar-refractivity contribution in [1.29, 1.82) is 0 Å². The molecule has 0 spiro atoms. The highest BCUT2D eigenvalue weighted by atomic mass is 32.2. The topological polar surface area (TPSA) is 124 Å². The lowest BCUT2D eigenvalue weighted by Crippen LogP contribution is -2.01. The summed E-state index contributed by atoms with van der Waals surface area (Å²) < 4.78 is 5.08. The number of rotatable bonds is 5. The number of carboxylic acids is 1. The molecule has 110 valence electrons. The van der Waals surface area contributed by atoms with E-state index >= 15 is 0 Å². The van der Waals surface area contributed by atoms with E-state index < -0.39 is 5.97 Å². The molecule has 21 heavy (non-hydrogen) atoms. The Bertz CT molecular complexity index is 658. The van der Waals surface area contributed by atoms with Gasteiger partial charge < -0.3 is 21.3 Å². The average molecular weight is 306 g/mol. The minimum Gasteiger partial charge on any atom is -0.496 e. The smallest absolute Gasteiger partial charge is 0.339 e. The molecule has 1 aromatic heterocycles. The zero-order valence-corrected chi connectivity index (χ0v) is 12.1. The second-order valence-electron chi connectivity index (χ2n) is 4.13. The second kappa shape index (κ2) is 6.31. The highest BCUT2D eigenvalue weighted by Crippen LogP contribution is 2.25. The fourth-order valence-electron chi connectivity index (χ4n) is 1.68. The van der Waals surface area contributed by atoms with Crippen LogP contribution < -0.4 is 16.2 Å². The Labute approximate surface area is 125 Å². The molecule has 0 bridgehead atoms. The lowest BCUT2D eigenvalue weighted by Gasteiger charge is -2.08. The standard InChI is InChI=1S/C13H14N4O3S/c1-20-9-4-7(2-3-8(9)12(18)19)6-21-13-16-10(14)5-11(15)17-13/h2-5H,6H2,1H3,(H,18,19)(H4,14,15,16,17). The van der Waals surface area contributed by atoms with Gasteiger partial charge in [0.05, 0.1) is 7.11 Å². The zero-order chi connectivity index (χ0) is 15.4. The van der Waals surface area contributed by atoms with Gasteiger partial charge in [0.15, 0.2) is 5.16 Å². The van der Waals surface area contributed by atoms with E-state index in [9.17, 15) is 4.79 Å². The van der Waals surface area contributed by atoms with Gasteiger partial charge in [0, 0.05) is 11.8 Å². The molecule has 0 aliphatic carbocycles. The first-order chi connectivity index (χ1) is 9.99. The number of hydrogen-bond donors (Lipinski definition) is 3. The van der Waals surface area contributed by atoms with Crippen LogP contribution in [0.2, 0.25) is 0 Å². The van der Waals surface area contributed by atoms with Crippen LogP contribution in [0.5, 0.6) is 5.75 Å². The Morgan fingerprint density at radius 2 is 1.95 bits per heavy atom. The van der Waals surface area contributed by atoms with Crippen LogP contribution in [0.3, 0.4) is 0 Å². The summed E-state index contributed by atoms with van der Waals surface area (Å²) >= 11 is 1.35. The van der Waals surface area contributed by atoms with Gasteiger partial charge in [0.25, 0.3) is 0 Å². The lowest BCUT2D eigenvalue weighted by molar-refractivity contribution is 0.0693. The third-order valence-electron chi connectivity index (χ3n) is 2.61. The highest BCUT2D eigenvalue weighted by molar-refractivity contribution is 7.98. The molecule has 5 N–H and O–H groups in total. The second-order valence-corrected chi connectivity index (χ2v) is 5.07. The number of ether oxygens (including phenoxy) is 1. The van der Waals surface area contributed by atoms with Crippen molar-refractivity contribution in [2.75, 3.05) is 18.6 Å². The molecule has 8 heteroatoms. The van der Waals surface area contributed by atoms with Gasteiger partial charge in [-0.15, -0.1) is 0 Å². The van der Waals surface area contributed by atoms with E-state index in [1.807, 2.05) is 0 Å². The van der Waals surface area contributed by atoms with Crippen LogP contribution in [0.4, 0.5) is 11.6 Å². The third-order valence-corrected chi connectivity index (χ3v) is 3.53. The van der Waals surface area contributed by atoms with E-state index in [4.69, 9.17) is 21.3 Å². The quantitative estimate of drug-likeness (QED) is 0.562. The molecule has 7 nitrogen and oxygen atoms in total. The molecule has 0 aliphatic rings. The number of nitrogens with zero attached hydrogens (tertiary/aromatic N) is 2. The van der Waals surface area contributed by atoms with Gasteiger partial charge in [0.1, 0.15) is 22.9 Å². The molecule has 2 aromatic rings. The number of hydrogen-bond acceptors (Lipinski definition) is 7. The summed E-state index contributed by atoms with van der Waals surface area (Å²) in [5.41, 5.74) is 12.2. The summed E-state index contributed by atoms with van der Waals surface area (Å²) in [5.74, 6) is 0.443. The minimum atomic E-state index is -1.03. The summed E-state index contributed by atoms with van der Waals surface area (Å²) in [6.07, 6.45) is 0. The molecule has 0 aliphatic heterocycles. The molecule has 0 unspecified atom stereocenters. The molecule has 0 saturated heterocycles. The SMILES string of the molecule is COc1cc(CSc2nc(N)cc(N)n2)ccc1C(=O)O. The molecule has 1 heterocycles. The van der Waals surface area contributed by atoms with Crippen molar-refractivity contribution < 1.29 is 14.6 Å². The maximum absolute atomic E-state index is 11.0. The maximum Gasteiger partial charge on any atom is 0.339 e. The Hall–Kier alpha value is -2.48. The number of anilines is 2. The van der Waals surface area contributed by atoms with Gasteiger partial charge in [-0.1, -0.05) is 17.8 Å². The van der Waals surface area contributed by atoms with E-state index in [0.29, 0.717) is 28.3 Å². The molecule has 2 rings (SSSR count). The predicted octanol–water partition coefficient (Wildman–Crippen LogP) is 1.64. The van der Waals surface area contributed by atoms with E-state index in [2.05, 4.69) is 9.97 Å². The number of nitrogens with two attached hydrogens (primary N) is 2. The molecule has 0 atom stereocenters. The monoisotopic (exact) mass is 306 g/mol. The summed E-state index contributed by atoms with van der Waals surface area (Å²) in [4.78, 5) is 19.1. The van der Waals surface area contributed by atoms with Crippen molar-refractivity contribution in [3.05, 3.63) is 35.4 Å². The first-order valence-corrected chi connectivity index (χ1v) is 6.91. The first kappa shape index (κ1) is 14.9. The minimum absolute atomic E-state index is 0.121. The number of thioether (sulfide) groups is 1. The largest absolute Gasteiger partial charge is 0.496 e.